The van der Waals surface area contributed by atoms with Gasteiger partial charge in [-0.3, -0.25) is 4.21 Å². The second-order valence-corrected chi connectivity index (χ2v) is 7.69. The highest BCUT2D eigenvalue weighted by Crippen LogP contribution is 2.23. The van der Waals surface area contributed by atoms with Crippen LogP contribution in [0.1, 0.15) is 22.2 Å². The third-order valence-electron chi connectivity index (χ3n) is 2.29. The fourth-order valence-electron chi connectivity index (χ4n) is 1.38. The molecule has 3 nitrogen and oxygen atoms in total. The Balaban J connectivity index is 1.97. The van der Waals surface area contributed by atoms with E-state index in [1.807, 2.05) is 26.0 Å². The van der Waals surface area contributed by atoms with Crippen molar-refractivity contribution in [3.63, 3.8) is 0 Å². The van der Waals surface area contributed by atoms with Gasteiger partial charge in [0.2, 0.25) is 5.89 Å². The monoisotopic (exact) mass is 333 g/mol. The molecule has 0 spiro atoms. The number of thiophene rings is 1. The lowest BCUT2D eigenvalue weighted by atomic mass is 10.4. The van der Waals surface area contributed by atoms with Crippen LogP contribution >= 0.6 is 27.3 Å². The topological polar surface area (TPSA) is 43.1 Å². The standard InChI is InChI=1S/C11H12BrNO2S2/c1-7-8(2)15-11(13-7)6-17(14)5-9-3-4-10(12)16-9/h3-4H,5-6H2,1-2H3. The molecule has 17 heavy (non-hydrogen) atoms. The van der Waals surface area contributed by atoms with E-state index in [0.29, 0.717) is 17.4 Å². The van der Waals surface area contributed by atoms with Gasteiger partial charge in [0.05, 0.1) is 15.2 Å². The van der Waals surface area contributed by atoms with E-state index in [0.717, 1.165) is 20.1 Å². The molecule has 0 amide bonds. The van der Waals surface area contributed by atoms with Gasteiger partial charge in [-0.25, -0.2) is 4.98 Å². The summed E-state index contributed by atoms with van der Waals surface area (Å²) < 4.78 is 18.4. The van der Waals surface area contributed by atoms with E-state index in [9.17, 15) is 4.21 Å². The minimum Gasteiger partial charge on any atom is -0.445 e. The minimum absolute atomic E-state index is 0.379. The average molecular weight is 334 g/mol. The van der Waals surface area contributed by atoms with Crippen molar-refractivity contribution >= 4 is 38.1 Å². The Morgan fingerprint density at radius 1 is 1.41 bits per heavy atom. The number of rotatable bonds is 4. The molecule has 0 fully saturated rings. The van der Waals surface area contributed by atoms with Gasteiger partial charge in [0, 0.05) is 15.7 Å². The van der Waals surface area contributed by atoms with Crippen LogP contribution in [0.25, 0.3) is 0 Å². The SMILES string of the molecule is Cc1nc(CS(=O)Cc2ccc(Br)s2)oc1C. The van der Waals surface area contributed by atoms with E-state index in [1.165, 1.54) is 0 Å². The summed E-state index contributed by atoms with van der Waals surface area (Å²) in [6.07, 6.45) is 0. The number of aromatic nitrogens is 1. The Kier molecular flexibility index (Phi) is 4.17. The second-order valence-electron chi connectivity index (χ2n) is 3.68. The fourth-order valence-corrected chi connectivity index (χ4v) is 4.20. The van der Waals surface area contributed by atoms with E-state index in [1.54, 1.807) is 11.3 Å². The zero-order valence-corrected chi connectivity index (χ0v) is 12.7. The predicted octanol–water partition coefficient (Wildman–Crippen LogP) is 3.56. The summed E-state index contributed by atoms with van der Waals surface area (Å²) in [5, 5.41) is 0. The first-order valence-electron chi connectivity index (χ1n) is 5.06. The van der Waals surface area contributed by atoms with Gasteiger partial charge in [-0.05, 0) is 41.9 Å². The van der Waals surface area contributed by atoms with Gasteiger partial charge in [0.25, 0.3) is 0 Å². The molecule has 0 bridgehead atoms. The highest BCUT2D eigenvalue weighted by atomic mass is 79.9. The van der Waals surface area contributed by atoms with Crippen LogP contribution in [0, 0.1) is 13.8 Å². The third kappa shape index (κ3) is 3.50. The number of hydrogen-bond donors (Lipinski definition) is 0. The van der Waals surface area contributed by atoms with Gasteiger partial charge in [-0.1, -0.05) is 0 Å². The van der Waals surface area contributed by atoms with E-state index in [-0.39, 0.29) is 0 Å². The largest absolute Gasteiger partial charge is 0.445 e. The van der Waals surface area contributed by atoms with Crippen molar-refractivity contribution in [3.05, 3.63) is 38.1 Å². The lowest BCUT2D eigenvalue weighted by Gasteiger charge is -1.96. The maximum atomic E-state index is 11.9. The van der Waals surface area contributed by atoms with Crippen LogP contribution in [0.5, 0.6) is 0 Å². The van der Waals surface area contributed by atoms with E-state index in [2.05, 4.69) is 20.9 Å². The van der Waals surface area contributed by atoms with Crippen molar-refractivity contribution in [2.24, 2.45) is 0 Å². The summed E-state index contributed by atoms with van der Waals surface area (Å²) in [6.45, 7) is 3.76. The van der Waals surface area contributed by atoms with Gasteiger partial charge in [-0.15, -0.1) is 11.3 Å². The Hall–Kier alpha value is -0.460. The molecule has 0 aliphatic heterocycles. The zero-order chi connectivity index (χ0) is 12.4. The molecular weight excluding hydrogens is 322 g/mol. The van der Waals surface area contributed by atoms with Crippen molar-refractivity contribution in [2.75, 3.05) is 0 Å². The van der Waals surface area contributed by atoms with Crippen LogP contribution in [0.2, 0.25) is 0 Å². The summed E-state index contributed by atoms with van der Waals surface area (Å²) in [4.78, 5) is 5.34. The maximum absolute atomic E-state index is 11.9. The first-order chi connectivity index (χ1) is 8.04. The van der Waals surface area contributed by atoms with Crippen molar-refractivity contribution in [3.8, 4) is 0 Å². The highest BCUT2D eigenvalue weighted by molar-refractivity contribution is 9.11. The Labute approximate surface area is 115 Å². The quantitative estimate of drug-likeness (QED) is 0.859. The van der Waals surface area contributed by atoms with Crippen LogP contribution in [-0.2, 0) is 22.3 Å². The summed E-state index contributed by atoms with van der Waals surface area (Å²) in [5.41, 5.74) is 0.871. The van der Waals surface area contributed by atoms with Gasteiger partial charge in [-0.2, -0.15) is 0 Å². The van der Waals surface area contributed by atoms with Gasteiger partial charge >= 0.3 is 0 Å². The van der Waals surface area contributed by atoms with Crippen molar-refractivity contribution in [1.29, 1.82) is 0 Å². The molecule has 0 aliphatic rings. The van der Waals surface area contributed by atoms with E-state index in [4.69, 9.17) is 4.42 Å². The van der Waals surface area contributed by atoms with E-state index < -0.39 is 10.8 Å². The van der Waals surface area contributed by atoms with Crippen LogP contribution in [-0.4, -0.2) is 9.19 Å². The van der Waals surface area contributed by atoms with Crippen molar-refractivity contribution in [1.82, 2.24) is 4.98 Å². The summed E-state index contributed by atoms with van der Waals surface area (Å²) in [5.74, 6) is 2.30. The zero-order valence-electron chi connectivity index (χ0n) is 9.53. The smallest absolute Gasteiger partial charge is 0.207 e. The van der Waals surface area contributed by atoms with E-state index >= 15 is 0 Å². The molecule has 0 radical (unpaired) electrons. The molecule has 0 saturated heterocycles. The summed E-state index contributed by atoms with van der Waals surface area (Å²) >= 11 is 5.00. The predicted molar refractivity (Wildman–Crippen MR) is 73.5 cm³/mol. The summed E-state index contributed by atoms with van der Waals surface area (Å²) in [7, 11) is -0.970. The highest BCUT2D eigenvalue weighted by Gasteiger charge is 2.11. The number of oxazole rings is 1. The van der Waals surface area contributed by atoms with Crippen LogP contribution < -0.4 is 0 Å². The lowest BCUT2D eigenvalue weighted by molar-refractivity contribution is 0.487. The Morgan fingerprint density at radius 2 is 2.18 bits per heavy atom. The maximum Gasteiger partial charge on any atom is 0.207 e. The molecular formula is C11H12BrNO2S2. The van der Waals surface area contributed by atoms with Gasteiger partial charge < -0.3 is 4.42 Å². The third-order valence-corrected chi connectivity index (χ3v) is 5.30. The first kappa shape index (κ1) is 13.0. The molecule has 2 rings (SSSR count). The van der Waals surface area contributed by atoms with Gasteiger partial charge in [0.15, 0.2) is 0 Å². The molecule has 1 unspecified atom stereocenters. The Bertz CT molecular complexity index is 528. The van der Waals surface area contributed by atoms with Crippen LogP contribution in [0.4, 0.5) is 0 Å². The minimum atomic E-state index is -0.970. The normalized spacial score (nSPS) is 12.9. The molecule has 1 atom stereocenters. The molecule has 0 N–H and O–H groups in total. The van der Waals surface area contributed by atoms with Gasteiger partial charge in [0.1, 0.15) is 11.5 Å². The average Bonchev–Trinajstić information content (AvgIpc) is 2.75. The fraction of sp³-hybridized carbons (Fsp3) is 0.364. The molecule has 6 heteroatoms. The molecule has 2 aromatic heterocycles. The van der Waals surface area contributed by atoms with Crippen molar-refractivity contribution < 1.29 is 8.63 Å². The Morgan fingerprint density at radius 3 is 2.71 bits per heavy atom. The second kappa shape index (κ2) is 5.46. The number of nitrogens with zero attached hydrogens (tertiary/aromatic N) is 1. The lowest BCUT2D eigenvalue weighted by Crippen LogP contribution is -1.98. The number of hydrogen-bond acceptors (Lipinski definition) is 4. The summed E-state index contributed by atoms with van der Waals surface area (Å²) in [6, 6.07) is 3.95. The molecule has 2 heterocycles. The molecule has 92 valence electrons. The van der Waals surface area contributed by atoms with Crippen LogP contribution in [0.3, 0.4) is 0 Å². The number of halogens is 1. The number of aryl methyl sites for hydroxylation is 2. The molecule has 2 aromatic rings. The van der Waals surface area contributed by atoms with Crippen molar-refractivity contribution in [2.45, 2.75) is 25.4 Å². The molecule has 0 aromatic carbocycles. The van der Waals surface area contributed by atoms with Crippen LogP contribution in [0.15, 0.2) is 20.3 Å². The molecule has 0 aliphatic carbocycles. The first-order valence-corrected chi connectivity index (χ1v) is 8.16. The molecule has 0 saturated carbocycles.